The third kappa shape index (κ3) is 3.33. The first-order chi connectivity index (χ1) is 13.8. The molecule has 29 heavy (non-hydrogen) atoms. The zero-order chi connectivity index (χ0) is 20.9. The van der Waals surface area contributed by atoms with Crippen molar-refractivity contribution in [2.45, 2.75) is 0 Å². The zero-order valence-corrected chi connectivity index (χ0v) is 17.7. The molecule has 0 saturated carbocycles. The fourth-order valence-electron chi connectivity index (χ4n) is 3.26. The van der Waals surface area contributed by atoms with Crippen molar-refractivity contribution in [3.05, 3.63) is 90.9 Å². The third-order valence-corrected chi connectivity index (χ3v) is 5.65. The Kier molecular flexibility index (Phi) is 4.94. The number of rotatable bonds is 2. The highest BCUT2D eigenvalue weighted by molar-refractivity contribution is 9.10. The number of carbonyl (C=O) groups excluding carboxylic acids is 3. The average Bonchev–Trinajstić information content (AvgIpc) is 2.68. The van der Waals surface area contributed by atoms with E-state index >= 15 is 0 Å². The van der Waals surface area contributed by atoms with Gasteiger partial charge in [-0.05, 0) is 40.2 Å². The van der Waals surface area contributed by atoms with E-state index in [4.69, 9.17) is 28.9 Å². The van der Waals surface area contributed by atoms with Crippen molar-refractivity contribution in [2.75, 3.05) is 11.1 Å². The number of carbonyl (C=O) groups is 3. The number of halogens is 3. The number of hydrogen-bond acceptors (Lipinski definition) is 4. The van der Waals surface area contributed by atoms with Crippen molar-refractivity contribution >= 4 is 68.0 Å². The van der Waals surface area contributed by atoms with E-state index in [-0.39, 0.29) is 45.0 Å². The molecule has 3 N–H and O–H groups in total. The minimum atomic E-state index is -0.535. The molecule has 1 aliphatic carbocycles. The molecule has 3 aromatic rings. The van der Waals surface area contributed by atoms with Gasteiger partial charge in [0, 0.05) is 31.2 Å². The molecule has 0 aliphatic heterocycles. The van der Waals surface area contributed by atoms with Crippen LogP contribution in [0.4, 0.5) is 11.4 Å². The summed E-state index contributed by atoms with van der Waals surface area (Å²) in [6.07, 6.45) is 0. The smallest absolute Gasteiger partial charge is 0.255 e. The largest absolute Gasteiger partial charge is 0.397 e. The van der Waals surface area contributed by atoms with Crippen LogP contribution in [0.1, 0.15) is 42.2 Å². The van der Waals surface area contributed by atoms with E-state index in [9.17, 15) is 14.4 Å². The summed E-state index contributed by atoms with van der Waals surface area (Å²) >= 11 is 15.2. The highest BCUT2D eigenvalue weighted by atomic mass is 79.9. The molecule has 0 bridgehead atoms. The first-order valence-electron chi connectivity index (χ1n) is 8.35. The minimum Gasteiger partial charge on any atom is -0.397 e. The van der Waals surface area contributed by atoms with E-state index in [0.29, 0.717) is 14.5 Å². The predicted molar refractivity (Wildman–Crippen MR) is 116 cm³/mol. The Morgan fingerprint density at radius 1 is 0.897 bits per heavy atom. The SMILES string of the molecule is Nc1c(Br)cc(NC(=O)c2cc(Cl)cc(Cl)c2)c2c1C(=O)c1ccccc1C2=O. The molecule has 144 valence electrons. The van der Waals surface area contributed by atoms with Crippen molar-refractivity contribution in [1.29, 1.82) is 0 Å². The second kappa shape index (κ2) is 7.30. The van der Waals surface area contributed by atoms with Gasteiger partial charge in [0.2, 0.25) is 0 Å². The number of nitrogens with one attached hydrogen (secondary N) is 1. The number of anilines is 2. The van der Waals surface area contributed by atoms with Gasteiger partial charge >= 0.3 is 0 Å². The molecule has 1 aliphatic rings. The topological polar surface area (TPSA) is 89.3 Å². The van der Waals surface area contributed by atoms with Gasteiger partial charge in [0.15, 0.2) is 11.6 Å². The van der Waals surface area contributed by atoms with Crippen LogP contribution in [0.5, 0.6) is 0 Å². The predicted octanol–water partition coefficient (Wildman–Crippen LogP) is 5.37. The van der Waals surface area contributed by atoms with E-state index < -0.39 is 11.7 Å². The van der Waals surface area contributed by atoms with Crippen LogP contribution in [0.25, 0.3) is 0 Å². The number of nitrogens with two attached hydrogens (primary N) is 1. The zero-order valence-electron chi connectivity index (χ0n) is 14.6. The minimum absolute atomic E-state index is 0.0517. The molecule has 3 aromatic carbocycles. The van der Waals surface area contributed by atoms with E-state index in [2.05, 4.69) is 21.2 Å². The Morgan fingerprint density at radius 2 is 1.45 bits per heavy atom. The van der Waals surface area contributed by atoms with E-state index in [1.807, 2.05) is 0 Å². The summed E-state index contributed by atoms with van der Waals surface area (Å²) in [4.78, 5) is 38.9. The highest BCUT2D eigenvalue weighted by Crippen LogP contribution is 2.39. The summed E-state index contributed by atoms with van der Waals surface area (Å²) in [6, 6.07) is 12.4. The number of nitrogen functional groups attached to an aromatic ring is 1. The fraction of sp³-hybridized carbons (Fsp3) is 0. The van der Waals surface area contributed by atoms with Gasteiger partial charge in [-0.2, -0.15) is 0 Å². The summed E-state index contributed by atoms with van der Waals surface area (Å²) in [5.41, 5.74) is 7.24. The van der Waals surface area contributed by atoms with Gasteiger partial charge in [0.1, 0.15) is 0 Å². The van der Waals surface area contributed by atoms with Crippen LogP contribution >= 0.6 is 39.1 Å². The average molecular weight is 490 g/mol. The van der Waals surface area contributed by atoms with Crippen LogP contribution in [0.3, 0.4) is 0 Å². The maximum atomic E-state index is 13.1. The molecule has 0 aromatic heterocycles. The number of benzene rings is 3. The van der Waals surface area contributed by atoms with Gasteiger partial charge in [-0.3, -0.25) is 14.4 Å². The standard InChI is InChI=1S/C21H11BrCl2N2O3/c22-14-8-15(26-21(29)9-5-10(23)7-11(24)6-9)16-17(18(14)25)20(28)13-4-2-1-3-12(13)19(16)27/h1-8H,25H2,(H,26,29). The van der Waals surface area contributed by atoms with E-state index in [1.54, 1.807) is 24.3 Å². The summed E-state index contributed by atoms with van der Waals surface area (Å²) in [7, 11) is 0. The van der Waals surface area contributed by atoms with Gasteiger partial charge in [-0.1, -0.05) is 47.5 Å². The lowest BCUT2D eigenvalue weighted by Crippen LogP contribution is -2.25. The van der Waals surface area contributed by atoms with Crippen LogP contribution in [-0.4, -0.2) is 17.5 Å². The molecule has 4 rings (SSSR count). The van der Waals surface area contributed by atoms with Crippen molar-refractivity contribution < 1.29 is 14.4 Å². The molecule has 5 nitrogen and oxygen atoms in total. The third-order valence-electron chi connectivity index (χ3n) is 4.56. The Hall–Kier alpha value is -2.67. The van der Waals surface area contributed by atoms with Crippen molar-refractivity contribution in [1.82, 2.24) is 0 Å². The molecular formula is C21H11BrCl2N2O3. The first-order valence-corrected chi connectivity index (χ1v) is 9.90. The fourth-order valence-corrected chi connectivity index (χ4v) is 4.22. The summed E-state index contributed by atoms with van der Waals surface area (Å²) in [5.74, 6) is -1.31. The lowest BCUT2D eigenvalue weighted by atomic mass is 9.82. The van der Waals surface area contributed by atoms with Crippen LogP contribution in [-0.2, 0) is 0 Å². The molecule has 0 saturated heterocycles. The van der Waals surface area contributed by atoms with Crippen LogP contribution < -0.4 is 11.1 Å². The second-order valence-electron chi connectivity index (χ2n) is 6.39. The Labute approximate surface area is 183 Å². The maximum Gasteiger partial charge on any atom is 0.255 e. The monoisotopic (exact) mass is 488 g/mol. The first kappa shape index (κ1) is 19.6. The maximum absolute atomic E-state index is 13.1. The van der Waals surface area contributed by atoms with Crippen LogP contribution in [0, 0.1) is 0 Å². The number of fused-ring (bicyclic) bond motifs is 2. The summed E-state index contributed by atoms with van der Waals surface area (Å²) < 4.78 is 0.385. The van der Waals surface area contributed by atoms with Crippen LogP contribution in [0.2, 0.25) is 10.0 Å². The molecule has 1 amide bonds. The lowest BCUT2D eigenvalue weighted by Gasteiger charge is -2.22. The second-order valence-corrected chi connectivity index (χ2v) is 8.11. The molecule has 8 heteroatoms. The Bertz CT molecular complexity index is 1220. The molecule has 0 radical (unpaired) electrons. The van der Waals surface area contributed by atoms with E-state index in [0.717, 1.165) is 0 Å². The Balaban J connectivity index is 1.86. The highest BCUT2D eigenvalue weighted by Gasteiger charge is 2.34. The molecule has 0 heterocycles. The lowest BCUT2D eigenvalue weighted by molar-refractivity contribution is 0.0979. The summed E-state index contributed by atoms with van der Waals surface area (Å²) in [5, 5.41) is 3.27. The van der Waals surface area contributed by atoms with Crippen molar-refractivity contribution in [2.24, 2.45) is 0 Å². The van der Waals surface area contributed by atoms with Crippen molar-refractivity contribution in [3.63, 3.8) is 0 Å². The van der Waals surface area contributed by atoms with Crippen molar-refractivity contribution in [3.8, 4) is 0 Å². The van der Waals surface area contributed by atoms with Gasteiger partial charge in [0.25, 0.3) is 5.91 Å². The number of ketones is 2. The summed E-state index contributed by atoms with van der Waals surface area (Å²) in [6.45, 7) is 0. The molecule has 0 spiro atoms. The van der Waals surface area contributed by atoms with Crippen LogP contribution in [0.15, 0.2) is 53.0 Å². The molecule has 0 unspecified atom stereocenters. The van der Waals surface area contributed by atoms with E-state index in [1.165, 1.54) is 24.3 Å². The number of amides is 1. The molecule has 0 fully saturated rings. The van der Waals surface area contributed by atoms with Gasteiger partial charge in [0.05, 0.1) is 22.5 Å². The van der Waals surface area contributed by atoms with Gasteiger partial charge < -0.3 is 11.1 Å². The normalized spacial score (nSPS) is 12.4. The van der Waals surface area contributed by atoms with Gasteiger partial charge in [-0.25, -0.2) is 0 Å². The Morgan fingerprint density at radius 3 is 2.03 bits per heavy atom. The number of hydrogen-bond donors (Lipinski definition) is 2. The quantitative estimate of drug-likeness (QED) is 0.370. The molecular weight excluding hydrogens is 479 g/mol. The van der Waals surface area contributed by atoms with Gasteiger partial charge in [-0.15, -0.1) is 0 Å². The molecule has 0 atom stereocenters.